The summed E-state index contributed by atoms with van der Waals surface area (Å²) < 4.78 is 2.68. The first-order chi connectivity index (χ1) is 6.91. The van der Waals surface area contributed by atoms with Crippen LogP contribution in [0.2, 0.25) is 0 Å². The lowest BCUT2D eigenvalue weighted by Crippen LogP contribution is -2.29. The summed E-state index contributed by atoms with van der Waals surface area (Å²) in [4.78, 5) is 11.9. The van der Waals surface area contributed by atoms with Crippen LogP contribution in [0.5, 0.6) is 0 Å². The van der Waals surface area contributed by atoms with Crippen LogP contribution in [0.3, 0.4) is 0 Å². The number of hydrogen-bond donors (Lipinski definition) is 1. The van der Waals surface area contributed by atoms with E-state index < -0.39 is 0 Å². The van der Waals surface area contributed by atoms with E-state index in [1.54, 1.807) is 4.57 Å². The van der Waals surface area contributed by atoms with Gasteiger partial charge in [-0.3, -0.25) is 9.36 Å². The molecule has 0 aliphatic heterocycles. The van der Waals surface area contributed by atoms with Crippen LogP contribution in [0.25, 0.3) is 10.2 Å². The summed E-state index contributed by atoms with van der Waals surface area (Å²) in [6, 6.07) is 5.65. The van der Waals surface area contributed by atoms with Gasteiger partial charge in [-0.05, 0) is 32.9 Å². The molecule has 0 amide bonds. The summed E-state index contributed by atoms with van der Waals surface area (Å²) in [6.07, 6.45) is 0. The number of anilines is 1. The number of nitrogens with two attached hydrogens (primary N) is 1. The van der Waals surface area contributed by atoms with Crippen molar-refractivity contribution in [3.05, 3.63) is 27.9 Å². The molecule has 1 aromatic carbocycles. The number of hydrogen-bond acceptors (Lipinski definition) is 3. The number of aromatic nitrogens is 1. The quantitative estimate of drug-likeness (QED) is 0.696. The zero-order valence-electron chi connectivity index (χ0n) is 9.07. The van der Waals surface area contributed by atoms with Gasteiger partial charge in [-0.25, -0.2) is 0 Å². The zero-order valence-corrected chi connectivity index (χ0v) is 9.89. The molecule has 0 aliphatic rings. The summed E-state index contributed by atoms with van der Waals surface area (Å²) in [5, 5.41) is 0. The average molecular weight is 222 g/mol. The molecule has 0 unspecified atom stereocenters. The molecule has 0 saturated carbocycles. The van der Waals surface area contributed by atoms with Gasteiger partial charge in [0.2, 0.25) is 0 Å². The first-order valence-electron chi connectivity index (χ1n) is 4.82. The molecule has 80 valence electrons. The van der Waals surface area contributed by atoms with Crippen LogP contribution in [0.15, 0.2) is 23.0 Å². The highest BCUT2D eigenvalue weighted by Gasteiger charge is 2.20. The number of nitrogens with zero attached hydrogens (tertiary/aromatic N) is 1. The molecule has 2 aromatic rings. The third-order valence-corrected chi connectivity index (χ3v) is 3.31. The summed E-state index contributed by atoms with van der Waals surface area (Å²) in [6.45, 7) is 6.05. The van der Waals surface area contributed by atoms with Crippen molar-refractivity contribution in [1.29, 1.82) is 0 Å². The fourth-order valence-corrected chi connectivity index (χ4v) is 2.78. The minimum Gasteiger partial charge on any atom is -0.398 e. The fourth-order valence-electron chi connectivity index (χ4n) is 1.70. The van der Waals surface area contributed by atoms with Crippen molar-refractivity contribution in [2.24, 2.45) is 0 Å². The van der Waals surface area contributed by atoms with Crippen LogP contribution in [0.1, 0.15) is 20.8 Å². The number of benzene rings is 1. The summed E-state index contributed by atoms with van der Waals surface area (Å²) in [5.74, 6) is 0. The van der Waals surface area contributed by atoms with Crippen molar-refractivity contribution in [2.45, 2.75) is 26.3 Å². The van der Waals surface area contributed by atoms with E-state index in [4.69, 9.17) is 5.73 Å². The van der Waals surface area contributed by atoms with Gasteiger partial charge in [0.05, 0.1) is 15.9 Å². The van der Waals surface area contributed by atoms with Crippen molar-refractivity contribution in [2.75, 3.05) is 5.73 Å². The Morgan fingerprint density at radius 2 is 2.00 bits per heavy atom. The normalized spacial score (nSPS) is 12.2. The highest BCUT2D eigenvalue weighted by molar-refractivity contribution is 7.17. The molecular weight excluding hydrogens is 208 g/mol. The maximum Gasteiger partial charge on any atom is 0.308 e. The molecule has 4 heteroatoms. The molecule has 1 aromatic heterocycles. The molecule has 0 saturated heterocycles. The summed E-state index contributed by atoms with van der Waals surface area (Å²) in [5.41, 5.74) is 7.24. The fraction of sp³-hybridized carbons (Fsp3) is 0.364. The van der Waals surface area contributed by atoms with Gasteiger partial charge in [0.25, 0.3) is 0 Å². The molecule has 0 atom stereocenters. The molecule has 15 heavy (non-hydrogen) atoms. The molecule has 0 spiro atoms. The Morgan fingerprint density at radius 3 is 2.60 bits per heavy atom. The third-order valence-electron chi connectivity index (χ3n) is 2.31. The molecule has 0 bridgehead atoms. The number of thiazole rings is 1. The number of fused-ring (bicyclic) bond motifs is 1. The van der Waals surface area contributed by atoms with E-state index in [-0.39, 0.29) is 10.4 Å². The van der Waals surface area contributed by atoms with Gasteiger partial charge in [-0.2, -0.15) is 0 Å². The smallest absolute Gasteiger partial charge is 0.308 e. The predicted octanol–water partition coefficient (Wildman–Crippen LogP) is 2.40. The van der Waals surface area contributed by atoms with E-state index in [1.807, 2.05) is 39.0 Å². The Labute approximate surface area is 92.1 Å². The standard InChI is InChI=1S/C11H14N2OS/c1-11(2,3)13-8-6-4-5-7(12)9(8)15-10(13)14/h4-6H,12H2,1-3H3. The second-order valence-corrected chi connectivity index (χ2v) is 5.53. The van der Waals surface area contributed by atoms with Crippen molar-refractivity contribution in [3.8, 4) is 0 Å². The zero-order chi connectivity index (χ0) is 11.2. The molecule has 3 nitrogen and oxygen atoms in total. The Balaban J connectivity index is 2.92. The number of rotatable bonds is 0. The molecule has 0 radical (unpaired) electrons. The molecule has 2 rings (SSSR count). The largest absolute Gasteiger partial charge is 0.398 e. The Morgan fingerprint density at radius 1 is 1.33 bits per heavy atom. The molecular formula is C11H14N2OS. The monoisotopic (exact) mass is 222 g/mol. The van der Waals surface area contributed by atoms with Crippen LogP contribution in [-0.2, 0) is 5.54 Å². The van der Waals surface area contributed by atoms with E-state index in [0.717, 1.165) is 10.2 Å². The maximum absolute atomic E-state index is 11.9. The Kier molecular flexibility index (Phi) is 2.12. The van der Waals surface area contributed by atoms with Crippen LogP contribution >= 0.6 is 11.3 Å². The minimum absolute atomic E-state index is 0.0513. The van der Waals surface area contributed by atoms with Gasteiger partial charge in [-0.1, -0.05) is 17.4 Å². The molecule has 2 N–H and O–H groups in total. The Hall–Kier alpha value is -1.29. The van der Waals surface area contributed by atoms with Crippen LogP contribution in [-0.4, -0.2) is 4.57 Å². The van der Waals surface area contributed by atoms with Crippen molar-refractivity contribution in [1.82, 2.24) is 4.57 Å². The first kappa shape index (κ1) is 10.2. The van der Waals surface area contributed by atoms with E-state index >= 15 is 0 Å². The van der Waals surface area contributed by atoms with Crippen LogP contribution in [0.4, 0.5) is 5.69 Å². The highest BCUT2D eigenvalue weighted by atomic mass is 32.1. The minimum atomic E-state index is -0.205. The van der Waals surface area contributed by atoms with Crippen molar-refractivity contribution < 1.29 is 0 Å². The maximum atomic E-state index is 11.9. The van der Waals surface area contributed by atoms with Gasteiger partial charge in [0.1, 0.15) is 0 Å². The molecule has 0 aliphatic carbocycles. The topological polar surface area (TPSA) is 48.0 Å². The van der Waals surface area contributed by atoms with Crippen molar-refractivity contribution >= 4 is 27.2 Å². The molecule has 0 fully saturated rings. The van der Waals surface area contributed by atoms with E-state index in [1.165, 1.54) is 11.3 Å². The molecule has 1 heterocycles. The van der Waals surface area contributed by atoms with Gasteiger partial charge >= 0.3 is 4.87 Å². The van der Waals surface area contributed by atoms with Crippen LogP contribution in [0, 0.1) is 0 Å². The lowest BCUT2D eigenvalue weighted by atomic mass is 10.1. The van der Waals surface area contributed by atoms with Crippen LogP contribution < -0.4 is 10.6 Å². The van der Waals surface area contributed by atoms with Gasteiger partial charge < -0.3 is 5.73 Å². The van der Waals surface area contributed by atoms with E-state index in [2.05, 4.69) is 0 Å². The summed E-state index contributed by atoms with van der Waals surface area (Å²) in [7, 11) is 0. The van der Waals surface area contributed by atoms with Gasteiger partial charge in [-0.15, -0.1) is 0 Å². The van der Waals surface area contributed by atoms with Crippen molar-refractivity contribution in [3.63, 3.8) is 0 Å². The number of nitrogen functional groups attached to an aromatic ring is 1. The van der Waals surface area contributed by atoms with Gasteiger partial charge in [0.15, 0.2) is 0 Å². The highest BCUT2D eigenvalue weighted by Crippen LogP contribution is 2.27. The summed E-state index contributed by atoms with van der Waals surface area (Å²) >= 11 is 1.21. The lowest BCUT2D eigenvalue weighted by molar-refractivity contribution is 0.404. The average Bonchev–Trinajstić information content (AvgIpc) is 2.41. The van der Waals surface area contributed by atoms with E-state index in [0.29, 0.717) is 5.69 Å². The predicted molar refractivity (Wildman–Crippen MR) is 65.5 cm³/mol. The van der Waals surface area contributed by atoms with Gasteiger partial charge in [0, 0.05) is 5.54 Å². The second-order valence-electron chi connectivity index (χ2n) is 4.57. The second kappa shape index (κ2) is 3.10. The lowest BCUT2D eigenvalue weighted by Gasteiger charge is -2.20. The third kappa shape index (κ3) is 1.55. The first-order valence-corrected chi connectivity index (χ1v) is 5.63. The Bertz CT molecular complexity index is 560. The SMILES string of the molecule is CC(C)(C)n1c(=O)sc2c(N)cccc21. The van der Waals surface area contributed by atoms with E-state index in [9.17, 15) is 4.79 Å².